The largest absolute Gasteiger partial charge is 0.384 e. The average Bonchev–Trinajstić information content (AvgIpc) is 2.62. The summed E-state index contributed by atoms with van der Waals surface area (Å²) in [6, 6.07) is 6.57. The number of hydrogen-bond donors (Lipinski definition) is 0. The maximum atomic E-state index is 5.27. The Labute approximate surface area is 91.8 Å². The molecule has 2 rings (SSSR count). The van der Waals surface area contributed by atoms with Crippen LogP contribution in [0.4, 0.5) is 0 Å². The lowest BCUT2D eigenvalue weighted by molar-refractivity contribution is 0.191. The summed E-state index contributed by atoms with van der Waals surface area (Å²) in [4.78, 5) is 0. The van der Waals surface area contributed by atoms with Gasteiger partial charge >= 0.3 is 0 Å². The predicted octanol–water partition coefficient (Wildman–Crippen LogP) is 3.57. The Kier molecular flexibility index (Phi) is 2.92. The van der Waals surface area contributed by atoms with E-state index >= 15 is 0 Å². The van der Waals surface area contributed by atoms with Crippen LogP contribution >= 0.6 is 0 Å². The van der Waals surface area contributed by atoms with Crippen molar-refractivity contribution in [3.8, 4) is 0 Å². The van der Waals surface area contributed by atoms with E-state index in [9.17, 15) is 0 Å². The minimum absolute atomic E-state index is 0.448. The molecular weight excluding hydrogens is 184 g/mol. The highest BCUT2D eigenvalue weighted by Gasteiger charge is 2.21. The standard InChI is InChI=1S/C14H18O/c1-10(2)13-6-4-5-11-7-8-12(9-15-3)14(11)13/h4-8,10,12H,9H2,1-3H3. The molecule has 1 atom stereocenters. The molecule has 15 heavy (non-hydrogen) atoms. The summed E-state index contributed by atoms with van der Waals surface area (Å²) in [7, 11) is 1.77. The third-order valence-electron chi connectivity index (χ3n) is 3.02. The highest BCUT2D eigenvalue weighted by atomic mass is 16.5. The highest BCUT2D eigenvalue weighted by Crippen LogP contribution is 2.36. The van der Waals surface area contributed by atoms with E-state index in [0.717, 1.165) is 6.61 Å². The predicted molar refractivity (Wildman–Crippen MR) is 64.2 cm³/mol. The summed E-state index contributed by atoms with van der Waals surface area (Å²) >= 11 is 0. The van der Waals surface area contributed by atoms with E-state index in [2.05, 4.69) is 44.2 Å². The van der Waals surface area contributed by atoms with Gasteiger partial charge in [0.25, 0.3) is 0 Å². The molecule has 0 heterocycles. The van der Waals surface area contributed by atoms with E-state index in [1.54, 1.807) is 7.11 Å². The Balaban J connectivity index is 2.42. The molecule has 1 unspecified atom stereocenters. The SMILES string of the molecule is COCC1C=Cc2cccc(C(C)C)c21. The number of rotatable bonds is 3. The molecule has 0 aliphatic heterocycles. The van der Waals surface area contributed by atoms with Crippen LogP contribution in [-0.2, 0) is 4.74 Å². The van der Waals surface area contributed by atoms with Crippen molar-refractivity contribution in [2.24, 2.45) is 0 Å². The summed E-state index contributed by atoms with van der Waals surface area (Å²) in [5, 5.41) is 0. The smallest absolute Gasteiger partial charge is 0.0566 e. The monoisotopic (exact) mass is 202 g/mol. The molecule has 0 saturated carbocycles. The summed E-state index contributed by atoms with van der Waals surface area (Å²) in [5.41, 5.74) is 4.29. The topological polar surface area (TPSA) is 9.23 Å². The molecule has 1 heteroatoms. The van der Waals surface area contributed by atoms with E-state index in [1.165, 1.54) is 16.7 Å². The summed E-state index contributed by atoms with van der Waals surface area (Å²) in [6.45, 7) is 5.28. The zero-order chi connectivity index (χ0) is 10.8. The molecule has 0 fully saturated rings. The van der Waals surface area contributed by atoms with Crippen LogP contribution < -0.4 is 0 Å². The fourth-order valence-corrected chi connectivity index (χ4v) is 2.31. The molecule has 1 aliphatic rings. The van der Waals surface area contributed by atoms with Gasteiger partial charge < -0.3 is 4.74 Å². The second-order valence-corrected chi connectivity index (χ2v) is 4.43. The van der Waals surface area contributed by atoms with Crippen LogP contribution in [-0.4, -0.2) is 13.7 Å². The van der Waals surface area contributed by atoms with E-state index in [-0.39, 0.29) is 0 Å². The molecule has 0 amide bonds. The number of methoxy groups -OCH3 is 1. The molecule has 1 nitrogen and oxygen atoms in total. The Bertz CT molecular complexity index is 377. The number of hydrogen-bond acceptors (Lipinski definition) is 1. The van der Waals surface area contributed by atoms with E-state index in [0.29, 0.717) is 11.8 Å². The van der Waals surface area contributed by atoms with Crippen molar-refractivity contribution in [3.63, 3.8) is 0 Å². The van der Waals surface area contributed by atoms with E-state index in [1.807, 2.05) is 0 Å². The minimum atomic E-state index is 0.448. The molecule has 1 aliphatic carbocycles. The van der Waals surface area contributed by atoms with Gasteiger partial charge in [-0.15, -0.1) is 0 Å². The molecule has 0 saturated heterocycles. The van der Waals surface area contributed by atoms with Crippen molar-refractivity contribution < 1.29 is 4.74 Å². The van der Waals surface area contributed by atoms with Crippen molar-refractivity contribution >= 4 is 6.08 Å². The van der Waals surface area contributed by atoms with Gasteiger partial charge in [-0.05, 0) is 22.6 Å². The van der Waals surface area contributed by atoms with Gasteiger partial charge in [-0.3, -0.25) is 0 Å². The van der Waals surface area contributed by atoms with E-state index in [4.69, 9.17) is 4.74 Å². The molecule has 1 aromatic rings. The quantitative estimate of drug-likeness (QED) is 0.728. The van der Waals surface area contributed by atoms with Crippen LogP contribution in [0, 0.1) is 0 Å². The Hall–Kier alpha value is -1.08. The van der Waals surface area contributed by atoms with Gasteiger partial charge in [0.2, 0.25) is 0 Å². The molecule has 0 N–H and O–H groups in total. The molecule has 0 aromatic heterocycles. The Morgan fingerprint density at radius 3 is 2.80 bits per heavy atom. The third kappa shape index (κ3) is 1.84. The first kappa shape index (κ1) is 10.4. The molecular formula is C14H18O. The van der Waals surface area contributed by atoms with Gasteiger partial charge in [-0.25, -0.2) is 0 Å². The lowest BCUT2D eigenvalue weighted by atomic mass is 9.89. The lowest BCUT2D eigenvalue weighted by Gasteiger charge is -2.17. The van der Waals surface area contributed by atoms with Crippen LogP contribution in [0.3, 0.4) is 0 Å². The van der Waals surface area contributed by atoms with Gasteiger partial charge in [-0.1, -0.05) is 44.2 Å². The fraction of sp³-hybridized carbons (Fsp3) is 0.429. The number of fused-ring (bicyclic) bond motifs is 1. The molecule has 0 bridgehead atoms. The second kappa shape index (κ2) is 4.19. The maximum absolute atomic E-state index is 5.27. The highest BCUT2D eigenvalue weighted by molar-refractivity contribution is 5.65. The van der Waals surface area contributed by atoms with Gasteiger partial charge in [0.05, 0.1) is 6.61 Å². The summed E-state index contributed by atoms with van der Waals surface area (Å²) < 4.78 is 5.27. The maximum Gasteiger partial charge on any atom is 0.0566 e. The van der Waals surface area contributed by atoms with Crippen molar-refractivity contribution in [1.29, 1.82) is 0 Å². The van der Waals surface area contributed by atoms with Crippen molar-refractivity contribution in [3.05, 3.63) is 41.0 Å². The molecule has 1 aromatic carbocycles. The zero-order valence-corrected chi connectivity index (χ0v) is 9.66. The fourth-order valence-electron chi connectivity index (χ4n) is 2.31. The minimum Gasteiger partial charge on any atom is -0.384 e. The van der Waals surface area contributed by atoms with Crippen LogP contribution in [0.5, 0.6) is 0 Å². The first-order valence-electron chi connectivity index (χ1n) is 5.54. The van der Waals surface area contributed by atoms with Crippen molar-refractivity contribution in [2.45, 2.75) is 25.7 Å². The van der Waals surface area contributed by atoms with E-state index < -0.39 is 0 Å². The van der Waals surface area contributed by atoms with Crippen LogP contribution in [0.25, 0.3) is 6.08 Å². The van der Waals surface area contributed by atoms with Gasteiger partial charge in [0, 0.05) is 13.0 Å². The number of benzene rings is 1. The Morgan fingerprint density at radius 1 is 1.33 bits per heavy atom. The first-order valence-corrected chi connectivity index (χ1v) is 5.54. The average molecular weight is 202 g/mol. The first-order chi connectivity index (χ1) is 7.24. The van der Waals surface area contributed by atoms with Crippen LogP contribution in [0.1, 0.15) is 42.4 Å². The molecule has 80 valence electrons. The van der Waals surface area contributed by atoms with Gasteiger partial charge in [-0.2, -0.15) is 0 Å². The van der Waals surface area contributed by atoms with Gasteiger partial charge in [0.1, 0.15) is 0 Å². The normalized spacial score (nSPS) is 18.5. The van der Waals surface area contributed by atoms with Gasteiger partial charge in [0.15, 0.2) is 0 Å². The molecule has 0 spiro atoms. The second-order valence-electron chi connectivity index (χ2n) is 4.43. The van der Waals surface area contributed by atoms with Crippen molar-refractivity contribution in [1.82, 2.24) is 0 Å². The van der Waals surface area contributed by atoms with Crippen LogP contribution in [0.2, 0.25) is 0 Å². The Morgan fingerprint density at radius 2 is 2.13 bits per heavy atom. The zero-order valence-electron chi connectivity index (χ0n) is 9.66. The third-order valence-corrected chi connectivity index (χ3v) is 3.02. The molecule has 0 radical (unpaired) electrons. The van der Waals surface area contributed by atoms with Crippen LogP contribution in [0.15, 0.2) is 24.3 Å². The lowest BCUT2D eigenvalue weighted by Crippen LogP contribution is -2.06. The summed E-state index contributed by atoms with van der Waals surface area (Å²) in [5.74, 6) is 1.03. The van der Waals surface area contributed by atoms with Crippen molar-refractivity contribution in [2.75, 3.05) is 13.7 Å². The summed E-state index contributed by atoms with van der Waals surface area (Å²) in [6.07, 6.45) is 4.46. The number of ether oxygens (including phenoxy) is 1.